The van der Waals surface area contributed by atoms with Crippen molar-refractivity contribution in [1.29, 1.82) is 0 Å². The topological polar surface area (TPSA) is 36.7 Å². The lowest BCUT2D eigenvalue weighted by atomic mass is 10.1. The average molecular weight is 364 g/mol. The van der Waals surface area contributed by atoms with E-state index in [0.717, 1.165) is 17.9 Å². The Labute approximate surface area is 149 Å². The predicted octanol–water partition coefficient (Wildman–Crippen LogP) is 3.97. The zero-order valence-corrected chi connectivity index (χ0v) is 14.3. The molecular formula is C19H19F3N2O2. The van der Waals surface area contributed by atoms with E-state index in [1.165, 1.54) is 12.1 Å². The Kier molecular flexibility index (Phi) is 5.06. The third kappa shape index (κ3) is 4.28. The first-order valence-corrected chi connectivity index (χ1v) is 8.28. The maximum Gasteiger partial charge on any atom is 0.416 e. The summed E-state index contributed by atoms with van der Waals surface area (Å²) in [5, 5.41) is 0. The van der Waals surface area contributed by atoms with Crippen molar-refractivity contribution in [3.63, 3.8) is 0 Å². The van der Waals surface area contributed by atoms with E-state index >= 15 is 0 Å². The van der Waals surface area contributed by atoms with E-state index in [-0.39, 0.29) is 5.91 Å². The first kappa shape index (κ1) is 18.1. The second-order valence-electron chi connectivity index (χ2n) is 6.14. The Morgan fingerprint density at radius 2 is 1.85 bits per heavy atom. The highest BCUT2D eigenvalue weighted by molar-refractivity contribution is 5.91. The van der Waals surface area contributed by atoms with E-state index < -0.39 is 11.7 Å². The fraction of sp³-hybridized carbons (Fsp3) is 0.316. The van der Waals surface area contributed by atoms with Gasteiger partial charge in [-0.3, -0.25) is 4.79 Å². The summed E-state index contributed by atoms with van der Waals surface area (Å²) in [5.41, 5.74) is -0.140. The van der Waals surface area contributed by atoms with Crippen molar-refractivity contribution in [1.82, 2.24) is 4.90 Å². The second kappa shape index (κ2) is 7.27. The number of amides is 1. The number of carbonyl (C=O) groups excluding carboxylic acids is 1. The number of halogens is 3. The average Bonchev–Trinajstić information content (AvgIpc) is 3.04. The monoisotopic (exact) mass is 364 g/mol. The molecule has 0 bridgehead atoms. The maximum absolute atomic E-state index is 12.8. The molecule has 2 heterocycles. The van der Waals surface area contributed by atoms with Gasteiger partial charge in [-0.05, 0) is 43.3 Å². The van der Waals surface area contributed by atoms with Crippen LogP contribution in [0.1, 0.15) is 17.1 Å². The lowest BCUT2D eigenvalue weighted by Gasteiger charge is -2.35. The van der Waals surface area contributed by atoms with Crippen LogP contribution in [0.15, 0.2) is 46.9 Å². The van der Waals surface area contributed by atoms with E-state index in [1.54, 1.807) is 23.1 Å². The molecule has 1 aliphatic heterocycles. The zero-order valence-electron chi connectivity index (χ0n) is 14.3. The summed E-state index contributed by atoms with van der Waals surface area (Å²) in [6, 6.07) is 8.87. The molecule has 1 saturated heterocycles. The summed E-state index contributed by atoms with van der Waals surface area (Å²) in [4.78, 5) is 15.8. The third-order valence-electron chi connectivity index (χ3n) is 4.28. The van der Waals surface area contributed by atoms with E-state index in [4.69, 9.17) is 4.42 Å². The number of carbonyl (C=O) groups is 1. The molecule has 4 nitrogen and oxygen atoms in total. The van der Waals surface area contributed by atoms with Gasteiger partial charge in [0, 0.05) is 37.9 Å². The first-order valence-electron chi connectivity index (χ1n) is 8.28. The fourth-order valence-corrected chi connectivity index (χ4v) is 2.87. The van der Waals surface area contributed by atoms with Crippen LogP contribution in [-0.4, -0.2) is 37.0 Å². The smallest absolute Gasteiger partial charge is 0.416 e. The number of alkyl halides is 3. The van der Waals surface area contributed by atoms with Crippen molar-refractivity contribution in [2.75, 3.05) is 31.1 Å². The number of piperazine rings is 1. The van der Waals surface area contributed by atoms with Gasteiger partial charge < -0.3 is 14.2 Å². The third-order valence-corrected chi connectivity index (χ3v) is 4.28. The molecule has 0 atom stereocenters. The number of nitrogens with zero attached hydrogens (tertiary/aromatic N) is 2. The van der Waals surface area contributed by atoms with Crippen LogP contribution in [0.4, 0.5) is 18.9 Å². The molecule has 0 aliphatic carbocycles. The normalized spacial score (nSPS) is 15.7. The van der Waals surface area contributed by atoms with Gasteiger partial charge in [0.15, 0.2) is 0 Å². The molecule has 0 unspecified atom stereocenters. The van der Waals surface area contributed by atoms with Crippen molar-refractivity contribution >= 4 is 17.7 Å². The number of furan rings is 1. The molecule has 7 heteroatoms. The van der Waals surface area contributed by atoms with Crippen LogP contribution in [0.5, 0.6) is 0 Å². The van der Waals surface area contributed by atoms with Crippen molar-refractivity contribution in [3.8, 4) is 0 Å². The minimum atomic E-state index is -4.36. The van der Waals surface area contributed by atoms with Crippen LogP contribution in [0.25, 0.3) is 6.08 Å². The van der Waals surface area contributed by atoms with Crippen LogP contribution in [0.2, 0.25) is 0 Å². The summed E-state index contributed by atoms with van der Waals surface area (Å²) in [6.45, 7) is 3.71. The highest BCUT2D eigenvalue weighted by Gasteiger charge is 2.31. The van der Waals surface area contributed by atoms with E-state index in [1.807, 2.05) is 17.9 Å². The molecule has 26 heavy (non-hydrogen) atoms. The summed E-state index contributed by atoms with van der Waals surface area (Å²) in [6.07, 6.45) is -1.28. The molecule has 1 aromatic heterocycles. The number of hydrogen-bond donors (Lipinski definition) is 0. The molecule has 0 saturated carbocycles. The summed E-state index contributed by atoms with van der Waals surface area (Å²) in [7, 11) is 0. The second-order valence-corrected chi connectivity index (χ2v) is 6.14. The molecule has 0 radical (unpaired) electrons. The molecule has 0 spiro atoms. The first-order chi connectivity index (χ1) is 12.3. The quantitative estimate of drug-likeness (QED) is 0.774. The van der Waals surface area contributed by atoms with Gasteiger partial charge >= 0.3 is 6.18 Å². The number of aryl methyl sites for hydroxylation is 1. The molecule has 3 rings (SSSR count). The summed E-state index contributed by atoms with van der Waals surface area (Å²) in [5.74, 6) is 1.24. The Morgan fingerprint density at radius 3 is 2.46 bits per heavy atom. The molecule has 0 N–H and O–H groups in total. The van der Waals surface area contributed by atoms with Crippen molar-refractivity contribution < 1.29 is 22.4 Å². The molecule has 1 aromatic carbocycles. The number of rotatable bonds is 3. The number of anilines is 1. The number of hydrogen-bond acceptors (Lipinski definition) is 3. The van der Waals surface area contributed by atoms with Crippen molar-refractivity contribution in [3.05, 3.63) is 59.6 Å². The standard InChI is InChI=1S/C19H19F3N2O2/c1-14-5-6-17(26-14)7-8-18(25)24-11-9-23(10-12-24)16-4-2-3-15(13-16)19(20,21)22/h2-8,13H,9-12H2,1H3/b8-7+. The van der Waals surface area contributed by atoms with E-state index in [9.17, 15) is 18.0 Å². The van der Waals surface area contributed by atoms with Crippen molar-refractivity contribution in [2.24, 2.45) is 0 Å². The lowest BCUT2D eigenvalue weighted by molar-refractivity contribution is -0.137. The van der Waals surface area contributed by atoms with Crippen LogP contribution in [0, 0.1) is 6.92 Å². The van der Waals surface area contributed by atoms with E-state index in [2.05, 4.69) is 0 Å². The lowest BCUT2D eigenvalue weighted by Crippen LogP contribution is -2.48. The van der Waals surface area contributed by atoms with Crippen molar-refractivity contribution in [2.45, 2.75) is 13.1 Å². The Morgan fingerprint density at radius 1 is 1.12 bits per heavy atom. The van der Waals surface area contributed by atoms with Crippen LogP contribution >= 0.6 is 0 Å². The van der Waals surface area contributed by atoms with Gasteiger partial charge in [0.25, 0.3) is 0 Å². The Hall–Kier alpha value is -2.70. The number of benzene rings is 1. The van der Waals surface area contributed by atoms with Gasteiger partial charge in [0.1, 0.15) is 11.5 Å². The molecular weight excluding hydrogens is 345 g/mol. The maximum atomic E-state index is 12.8. The van der Waals surface area contributed by atoms with E-state index in [0.29, 0.717) is 37.6 Å². The van der Waals surface area contributed by atoms with Gasteiger partial charge in [-0.25, -0.2) is 0 Å². The highest BCUT2D eigenvalue weighted by Crippen LogP contribution is 2.31. The molecule has 1 amide bonds. The molecule has 138 valence electrons. The summed E-state index contributed by atoms with van der Waals surface area (Å²) < 4.78 is 43.9. The summed E-state index contributed by atoms with van der Waals surface area (Å²) >= 11 is 0. The molecule has 1 aliphatic rings. The van der Waals surface area contributed by atoms with Gasteiger partial charge in [-0.2, -0.15) is 13.2 Å². The molecule has 1 fully saturated rings. The minimum Gasteiger partial charge on any atom is -0.462 e. The van der Waals surface area contributed by atoms with Gasteiger partial charge in [-0.1, -0.05) is 6.07 Å². The highest BCUT2D eigenvalue weighted by atomic mass is 19.4. The van der Waals surface area contributed by atoms with Crippen LogP contribution in [0.3, 0.4) is 0 Å². The Balaban J connectivity index is 1.59. The Bertz CT molecular complexity index is 803. The van der Waals surface area contributed by atoms with Gasteiger partial charge in [-0.15, -0.1) is 0 Å². The minimum absolute atomic E-state index is 0.136. The zero-order chi connectivity index (χ0) is 18.7. The largest absolute Gasteiger partial charge is 0.462 e. The fourth-order valence-electron chi connectivity index (χ4n) is 2.87. The predicted molar refractivity (Wildman–Crippen MR) is 92.7 cm³/mol. The SMILES string of the molecule is Cc1ccc(/C=C/C(=O)N2CCN(c3cccc(C(F)(F)F)c3)CC2)o1. The van der Waals surface area contributed by atoms with Crippen LogP contribution < -0.4 is 4.90 Å². The van der Waals surface area contributed by atoms with Gasteiger partial charge in [0.2, 0.25) is 5.91 Å². The van der Waals surface area contributed by atoms with Crippen LogP contribution in [-0.2, 0) is 11.0 Å². The molecule has 2 aromatic rings. The van der Waals surface area contributed by atoms with Gasteiger partial charge in [0.05, 0.1) is 5.56 Å².